The van der Waals surface area contributed by atoms with Crippen LogP contribution < -0.4 is 9.46 Å². The van der Waals surface area contributed by atoms with Crippen molar-refractivity contribution in [3.63, 3.8) is 0 Å². The standard InChI is InChI=1S/C23H23F3N2O3S2/c1-28-11-9-16-13-19(20(31-2)14-17(16)10-12-28)27-33(29,30)22-8-7-21(32-22)15-3-5-18(6-4-15)23(24,25)26/h3-8,13-14,27H,9-12H2,1-2H3. The number of rotatable bonds is 5. The molecule has 0 saturated heterocycles. The second kappa shape index (κ2) is 9.00. The van der Waals surface area contributed by atoms with Gasteiger partial charge >= 0.3 is 6.18 Å². The Hall–Kier alpha value is -2.56. The van der Waals surface area contributed by atoms with Gasteiger partial charge in [0.25, 0.3) is 10.0 Å². The van der Waals surface area contributed by atoms with E-state index in [0.717, 1.165) is 60.5 Å². The number of sulfonamides is 1. The Labute approximate surface area is 194 Å². The minimum atomic E-state index is -4.42. The summed E-state index contributed by atoms with van der Waals surface area (Å²) in [5.41, 5.74) is 2.35. The van der Waals surface area contributed by atoms with E-state index < -0.39 is 21.8 Å². The predicted octanol–water partition coefficient (Wildman–Crippen LogP) is 5.27. The molecule has 2 aromatic carbocycles. The highest BCUT2D eigenvalue weighted by Gasteiger charge is 2.30. The molecule has 3 aromatic rings. The number of methoxy groups -OCH3 is 1. The maximum atomic E-state index is 13.1. The molecule has 33 heavy (non-hydrogen) atoms. The fourth-order valence-corrected chi connectivity index (χ4v) is 6.13. The summed E-state index contributed by atoms with van der Waals surface area (Å²) in [7, 11) is -0.363. The Morgan fingerprint density at radius 2 is 1.64 bits per heavy atom. The lowest BCUT2D eigenvalue weighted by Crippen LogP contribution is -2.20. The number of anilines is 1. The molecule has 5 nitrogen and oxygen atoms in total. The van der Waals surface area contributed by atoms with Gasteiger partial charge in [0.15, 0.2) is 0 Å². The van der Waals surface area contributed by atoms with Crippen LogP contribution in [-0.2, 0) is 29.0 Å². The summed E-state index contributed by atoms with van der Waals surface area (Å²) in [5.74, 6) is 0.446. The zero-order chi connectivity index (χ0) is 23.8. The van der Waals surface area contributed by atoms with Crippen molar-refractivity contribution < 1.29 is 26.3 Å². The quantitative estimate of drug-likeness (QED) is 0.523. The van der Waals surface area contributed by atoms with Crippen molar-refractivity contribution in [3.8, 4) is 16.2 Å². The summed E-state index contributed by atoms with van der Waals surface area (Å²) in [5, 5.41) is 0. The van der Waals surface area contributed by atoms with Gasteiger partial charge in [-0.3, -0.25) is 4.72 Å². The summed E-state index contributed by atoms with van der Waals surface area (Å²) >= 11 is 0.992. The highest BCUT2D eigenvalue weighted by molar-refractivity contribution is 7.94. The number of fused-ring (bicyclic) bond motifs is 1. The lowest BCUT2D eigenvalue weighted by molar-refractivity contribution is -0.137. The summed E-state index contributed by atoms with van der Waals surface area (Å²) in [6.45, 7) is 1.80. The van der Waals surface area contributed by atoms with Gasteiger partial charge in [-0.05, 0) is 73.0 Å². The van der Waals surface area contributed by atoms with Crippen LogP contribution in [-0.4, -0.2) is 40.6 Å². The molecule has 1 aromatic heterocycles. The van der Waals surface area contributed by atoms with Gasteiger partial charge in [0.05, 0.1) is 18.4 Å². The Morgan fingerprint density at radius 1 is 1.00 bits per heavy atom. The first kappa shape index (κ1) is 23.6. The van der Waals surface area contributed by atoms with Crippen LogP contribution in [0.5, 0.6) is 5.75 Å². The van der Waals surface area contributed by atoms with Crippen LogP contribution in [0.2, 0.25) is 0 Å². The Morgan fingerprint density at radius 3 is 2.24 bits per heavy atom. The Balaban J connectivity index is 1.60. The van der Waals surface area contributed by atoms with Crippen molar-refractivity contribution >= 4 is 27.0 Å². The number of likely N-dealkylation sites (N-methyl/N-ethyl adjacent to an activating group) is 1. The number of benzene rings is 2. The molecule has 176 valence electrons. The zero-order valence-electron chi connectivity index (χ0n) is 18.1. The van der Waals surface area contributed by atoms with Crippen LogP contribution in [0.15, 0.2) is 52.7 Å². The third-order valence-corrected chi connectivity index (χ3v) is 8.63. The number of ether oxygens (including phenoxy) is 1. The van der Waals surface area contributed by atoms with E-state index in [1.165, 1.54) is 25.3 Å². The molecule has 2 heterocycles. The molecule has 0 unspecified atom stereocenters. The molecular formula is C23H23F3N2O3S2. The van der Waals surface area contributed by atoms with E-state index in [4.69, 9.17) is 4.74 Å². The maximum absolute atomic E-state index is 13.1. The molecule has 10 heteroatoms. The molecule has 0 radical (unpaired) electrons. The van der Waals surface area contributed by atoms with Crippen LogP contribution in [0.1, 0.15) is 16.7 Å². The minimum Gasteiger partial charge on any atom is -0.495 e. The first-order valence-corrected chi connectivity index (χ1v) is 12.6. The van der Waals surface area contributed by atoms with Gasteiger partial charge in [-0.15, -0.1) is 11.3 Å². The van der Waals surface area contributed by atoms with Crippen molar-refractivity contribution in [1.82, 2.24) is 4.90 Å². The maximum Gasteiger partial charge on any atom is 0.416 e. The van der Waals surface area contributed by atoms with E-state index in [1.807, 2.05) is 12.1 Å². The third-order valence-electron chi connectivity index (χ3n) is 5.63. The lowest BCUT2D eigenvalue weighted by Gasteiger charge is -2.15. The van der Waals surface area contributed by atoms with Gasteiger partial charge in [0, 0.05) is 18.0 Å². The number of nitrogens with one attached hydrogen (secondary N) is 1. The highest BCUT2D eigenvalue weighted by Crippen LogP contribution is 2.36. The van der Waals surface area contributed by atoms with Gasteiger partial charge in [-0.25, -0.2) is 8.42 Å². The molecule has 0 atom stereocenters. The predicted molar refractivity (Wildman–Crippen MR) is 123 cm³/mol. The van der Waals surface area contributed by atoms with E-state index in [1.54, 1.807) is 6.07 Å². The molecule has 1 aliphatic heterocycles. The Bertz CT molecular complexity index is 1250. The van der Waals surface area contributed by atoms with Crippen LogP contribution >= 0.6 is 11.3 Å². The van der Waals surface area contributed by atoms with Crippen molar-refractivity contribution in [1.29, 1.82) is 0 Å². The van der Waals surface area contributed by atoms with Crippen molar-refractivity contribution in [2.45, 2.75) is 23.2 Å². The molecule has 0 spiro atoms. The van der Waals surface area contributed by atoms with E-state index in [0.29, 0.717) is 21.9 Å². The second-order valence-electron chi connectivity index (χ2n) is 7.92. The normalized spacial score (nSPS) is 15.1. The van der Waals surface area contributed by atoms with Crippen molar-refractivity contribution in [3.05, 3.63) is 65.2 Å². The second-order valence-corrected chi connectivity index (χ2v) is 10.9. The van der Waals surface area contributed by atoms with Gasteiger partial charge in [0.1, 0.15) is 9.96 Å². The molecule has 4 rings (SSSR count). The lowest BCUT2D eigenvalue weighted by atomic mass is 10.0. The van der Waals surface area contributed by atoms with Gasteiger partial charge in [0.2, 0.25) is 0 Å². The van der Waals surface area contributed by atoms with Crippen molar-refractivity contribution in [2.24, 2.45) is 0 Å². The Kier molecular flexibility index (Phi) is 6.43. The van der Waals surface area contributed by atoms with Crippen LogP contribution in [0, 0.1) is 0 Å². The summed E-state index contributed by atoms with van der Waals surface area (Å²) < 4.78 is 72.7. The van der Waals surface area contributed by atoms with E-state index in [2.05, 4.69) is 16.7 Å². The number of nitrogens with zero attached hydrogens (tertiary/aromatic N) is 1. The van der Waals surface area contributed by atoms with Crippen LogP contribution in [0.25, 0.3) is 10.4 Å². The molecule has 0 amide bonds. The summed E-state index contributed by atoms with van der Waals surface area (Å²) in [6, 6.07) is 11.4. The fraction of sp³-hybridized carbons (Fsp3) is 0.304. The van der Waals surface area contributed by atoms with Crippen molar-refractivity contribution in [2.75, 3.05) is 32.0 Å². The number of alkyl halides is 3. The van der Waals surface area contributed by atoms with Gasteiger partial charge in [-0.1, -0.05) is 12.1 Å². The number of halogens is 3. The number of hydrogen-bond acceptors (Lipinski definition) is 5. The molecule has 0 saturated carbocycles. The SMILES string of the molecule is COc1cc2c(cc1NS(=O)(=O)c1ccc(-c3ccc(C(F)(F)F)cc3)s1)CCN(C)CC2. The number of thiophene rings is 1. The third kappa shape index (κ3) is 5.18. The summed E-state index contributed by atoms with van der Waals surface area (Å²) in [6.07, 6.45) is -2.76. The number of hydrogen-bond donors (Lipinski definition) is 1. The largest absolute Gasteiger partial charge is 0.495 e. The topological polar surface area (TPSA) is 58.6 Å². The molecule has 0 aliphatic carbocycles. The zero-order valence-corrected chi connectivity index (χ0v) is 19.7. The average molecular weight is 497 g/mol. The smallest absolute Gasteiger partial charge is 0.416 e. The minimum absolute atomic E-state index is 0.0640. The van der Waals surface area contributed by atoms with E-state index in [9.17, 15) is 21.6 Å². The first-order chi connectivity index (χ1) is 15.6. The average Bonchev–Trinajstić information content (AvgIpc) is 3.20. The highest BCUT2D eigenvalue weighted by atomic mass is 32.2. The van der Waals surface area contributed by atoms with Crippen LogP contribution in [0.3, 0.4) is 0 Å². The summed E-state index contributed by atoms with van der Waals surface area (Å²) in [4.78, 5) is 2.78. The molecule has 0 bridgehead atoms. The molecule has 1 aliphatic rings. The molecule has 1 N–H and O–H groups in total. The monoisotopic (exact) mass is 496 g/mol. The molecular weight excluding hydrogens is 473 g/mol. The molecule has 0 fully saturated rings. The van der Waals surface area contributed by atoms with Gasteiger partial charge in [-0.2, -0.15) is 13.2 Å². The van der Waals surface area contributed by atoms with Gasteiger partial charge < -0.3 is 9.64 Å². The first-order valence-electron chi connectivity index (χ1n) is 10.3. The van der Waals surface area contributed by atoms with E-state index >= 15 is 0 Å². The fourth-order valence-electron chi connectivity index (χ4n) is 3.75. The van der Waals surface area contributed by atoms with E-state index in [-0.39, 0.29) is 4.21 Å². The van der Waals surface area contributed by atoms with Crippen LogP contribution in [0.4, 0.5) is 18.9 Å².